The van der Waals surface area contributed by atoms with Gasteiger partial charge in [-0.3, -0.25) is 4.79 Å². The summed E-state index contributed by atoms with van der Waals surface area (Å²) in [6.07, 6.45) is 1.83. The van der Waals surface area contributed by atoms with E-state index in [-0.39, 0.29) is 24.0 Å². The fraction of sp³-hybridized carbons (Fsp3) is 0.320. The van der Waals surface area contributed by atoms with Crippen molar-refractivity contribution in [2.45, 2.75) is 34.1 Å². The Morgan fingerprint density at radius 3 is 2.18 bits per heavy atom. The molecule has 0 spiro atoms. The molecule has 1 aliphatic heterocycles. The van der Waals surface area contributed by atoms with Gasteiger partial charge in [0.15, 0.2) is 28.7 Å². The first kappa shape index (κ1) is 23.8. The van der Waals surface area contributed by atoms with Gasteiger partial charge >= 0.3 is 11.9 Å². The van der Waals surface area contributed by atoms with E-state index in [9.17, 15) is 9.59 Å². The molecule has 1 aliphatic rings. The molecular weight excluding hydrogens is 426 g/mol. The first-order chi connectivity index (χ1) is 16.0. The molecule has 2 aromatic rings. The molecule has 8 heteroatoms. The summed E-state index contributed by atoms with van der Waals surface area (Å²) in [4.78, 5) is 28.4. The van der Waals surface area contributed by atoms with E-state index in [4.69, 9.17) is 23.7 Å². The second kappa shape index (κ2) is 11.2. The largest absolute Gasteiger partial charge is 0.490 e. The summed E-state index contributed by atoms with van der Waals surface area (Å²) >= 11 is 0. The molecular formula is C25H27NO7. The molecule has 0 bridgehead atoms. The van der Waals surface area contributed by atoms with E-state index in [2.05, 4.69) is 4.99 Å². The predicted octanol–water partition coefficient (Wildman–Crippen LogP) is 4.54. The molecule has 0 saturated heterocycles. The lowest BCUT2D eigenvalue weighted by Gasteiger charge is -2.11. The highest BCUT2D eigenvalue weighted by Crippen LogP contribution is 2.32. The molecule has 3 rings (SSSR count). The molecule has 1 heterocycles. The Bertz CT molecular complexity index is 1090. The van der Waals surface area contributed by atoms with Crippen LogP contribution in [0.25, 0.3) is 6.08 Å². The zero-order chi connectivity index (χ0) is 23.8. The number of rotatable bonds is 10. The van der Waals surface area contributed by atoms with Crippen LogP contribution in [0.15, 0.2) is 47.1 Å². The summed E-state index contributed by atoms with van der Waals surface area (Å²) in [5.74, 6) is 1.11. The third kappa shape index (κ3) is 5.91. The first-order valence-corrected chi connectivity index (χ1v) is 10.9. The number of hydrogen-bond acceptors (Lipinski definition) is 8. The first-order valence-electron chi connectivity index (χ1n) is 10.9. The molecule has 0 aliphatic carbocycles. The van der Waals surface area contributed by atoms with Crippen molar-refractivity contribution in [1.82, 2.24) is 0 Å². The summed E-state index contributed by atoms with van der Waals surface area (Å²) in [5.41, 5.74) is 1.38. The SMILES string of the molecule is CCOc1ccc(C2=N/C(=C\c3ccc(OC(=O)CC)c(OCC)c3)C(=O)O2)cc1OCC. The van der Waals surface area contributed by atoms with E-state index >= 15 is 0 Å². The normalized spacial score (nSPS) is 14.0. The molecule has 0 radical (unpaired) electrons. The van der Waals surface area contributed by atoms with Crippen molar-refractivity contribution in [1.29, 1.82) is 0 Å². The van der Waals surface area contributed by atoms with Crippen LogP contribution in [-0.2, 0) is 14.3 Å². The highest BCUT2D eigenvalue weighted by Gasteiger charge is 2.25. The van der Waals surface area contributed by atoms with Gasteiger partial charge in [0.25, 0.3) is 0 Å². The quantitative estimate of drug-likeness (QED) is 0.296. The minimum absolute atomic E-state index is 0.137. The molecule has 8 nitrogen and oxygen atoms in total. The lowest BCUT2D eigenvalue weighted by atomic mass is 10.1. The fourth-order valence-electron chi connectivity index (χ4n) is 3.04. The predicted molar refractivity (Wildman–Crippen MR) is 123 cm³/mol. The summed E-state index contributed by atoms with van der Waals surface area (Å²) in [6.45, 7) is 8.66. The molecule has 2 aromatic carbocycles. The van der Waals surface area contributed by atoms with Crippen molar-refractivity contribution in [2.75, 3.05) is 19.8 Å². The van der Waals surface area contributed by atoms with Gasteiger partial charge in [0.05, 0.1) is 19.8 Å². The van der Waals surface area contributed by atoms with E-state index < -0.39 is 5.97 Å². The van der Waals surface area contributed by atoms with Gasteiger partial charge in [0.2, 0.25) is 5.90 Å². The number of ether oxygens (including phenoxy) is 5. The summed E-state index contributed by atoms with van der Waals surface area (Å²) in [7, 11) is 0. The van der Waals surface area contributed by atoms with Crippen molar-refractivity contribution in [2.24, 2.45) is 4.99 Å². The molecule has 0 saturated carbocycles. The van der Waals surface area contributed by atoms with Gasteiger partial charge in [-0.25, -0.2) is 9.79 Å². The number of nitrogens with zero attached hydrogens (tertiary/aromatic N) is 1. The van der Waals surface area contributed by atoms with Crippen molar-refractivity contribution in [3.63, 3.8) is 0 Å². The zero-order valence-corrected chi connectivity index (χ0v) is 19.2. The van der Waals surface area contributed by atoms with Gasteiger partial charge in [-0.05, 0) is 62.7 Å². The molecule has 0 amide bonds. The Kier molecular flexibility index (Phi) is 8.07. The summed E-state index contributed by atoms with van der Waals surface area (Å²) in [6, 6.07) is 10.3. The number of hydrogen-bond donors (Lipinski definition) is 0. The Labute approximate surface area is 192 Å². The van der Waals surface area contributed by atoms with E-state index in [1.807, 2.05) is 20.8 Å². The maximum Gasteiger partial charge on any atom is 0.363 e. The minimum Gasteiger partial charge on any atom is -0.490 e. The molecule has 174 valence electrons. The van der Waals surface area contributed by atoms with Crippen molar-refractivity contribution in [3.05, 3.63) is 53.2 Å². The average Bonchev–Trinajstić information content (AvgIpc) is 3.17. The van der Waals surface area contributed by atoms with Gasteiger partial charge in [0.1, 0.15) is 0 Å². The van der Waals surface area contributed by atoms with Crippen LogP contribution in [0.5, 0.6) is 23.0 Å². The molecule has 0 atom stereocenters. The monoisotopic (exact) mass is 453 g/mol. The van der Waals surface area contributed by atoms with Crippen LogP contribution in [-0.4, -0.2) is 37.7 Å². The van der Waals surface area contributed by atoms with E-state index in [1.54, 1.807) is 49.4 Å². The smallest absolute Gasteiger partial charge is 0.363 e. The van der Waals surface area contributed by atoms with Gasteiger partial charge < -0.3 is 23.7 Å². The highest BCUT2D eigenvalue weighted by atomic mass is 16.6. The van der Waals surface area contributed by atoms with Crippen LogP contribution in [0.1, 0.15) is 45.2 Å². The lowest BCUT2D eigenvalue weighted by molar-refractivity contribution is -0.134. The third-order valence-corrected chi connectivity index (χ3v) is 4.49. The van der Waals surface area contributed by atoms with Crippen molar-refractivity contribution >= 4 is 23.9 Å². The van der Waals surface area contributed by atoms with Gasteiger partial charge in [-0.1, -0.05) is 13.0 Å². The van der Waals surface area contributed by atoms with Crippen LogP contribution in [0.3, 0.4) is 0 Å². The van der Waals surface area contributed by atoms with Gasteiger partial charge in [-0.2, -0.15) is 0 Å². The van der Waals surface area contributed by atoms with Crippen molar-refractivity contribution < 1.29 is 33.3 Å². The van der Waals surface area contributed by atoms with Gasteiger partial charge in [-0.15, -0.1) is 0 Å². The van der Waals surface area contributed by atoms with Crippen molar-refractivity contribution in [3.8, 4) is 23.0 Å². The Morgan fingerprint density at radius 1 is 0.879 bits per heavy atom. The topological polar surface area (TPSA) is 92.7 Å². The van der Waals surface area contributed by atoms with E-state index in [0.717, 1.165) is 0 Å². The number of cyclic esters (lactones) is 1. The Morgan fingerprint density at radius 2 is 1.52 bits per heavy atom. The number of carbonyl (C=O) groups is 2. The van der Waals surface area contributed by atoms with Crippen LogP contribution in [0.4, 0.5) is 0 Å². The second-order valence-corrected chi connectivity index (χ2v) is 6.83. The molecule has 0 N–H and O–H groups in total. The average molecular weight is 453 g/mol. The maximum absolute atomic E-state index is 12.4. The minimum atomic E-state index is -0.573. The zero-order valence-electron chi connectivity index (χ0n) is 19.2. The standard InChI is InChI=1S/C25H27NO7/c1-5-23(27)32-20-11-9-16(14-21(20)30-7-3)13-18-25(28)33-24(26-18)17-10-12-19(29-6-2)22(15-17)31-8-4/h9-15H,5-8H2,1-4H3/b18-13-. The third-order valence-electron chi connectivity index (χ3n) is 4.49. The van der Waals surface area contributed by atoms with Crippen LogP contribution < -0.4 is 18.9 Å². The fourth-order valence-corrected chi connectivity index (χ4v) is 3.04. The number of esters is 2. The maximum atomic E-state index is 12.4. The summed E-state index contributed by atoms with van der Waals surface area (Å²) in [5, 5.41) is 0. The molecule has 0 aromatic heterocycles. The molecule has 0 unspecified atom stereocenters. The lowest BCUT2D eigenvalue weighted by Crippen LogP contribution is -2.07. The number of aliphatic imine (C=N–C) groups is 1. The summed E-state index contributed by atoms with van der Waals surface area (Å²) < 4.78 is 27.5. The number of carbonyl (C=O) groups excluding carboxylic acids is 2. The Hall–Kier alpha value is -3.81. The number of benzene rings is 2. The van der Waals surface area contributed by atoms with Crippen LogP contribution >= 0.6 is 0 Å². The molecule has 0 fully saturated rings. The molecule has 33 heavy (non-hydrogen) atoms. The van der Waals surface area contributed by atoms with Crippen LogP contribution in [0.2, 0.25) is 0 Å². The van der Waals surface area contributed by atoms with Crippen LogP contribution in [0, 0.1) is 0 Å². The highest BCUT2D eigenvalue weighted by molar-refractivity contribution is 6.13. The second-order valence-electron chi connectivity index (χ2n) is 6.83. The van der Waals surface area contributed by atoms with E-state index in [0.29, 0.717) is 53.9 Å². The van der Waals surface area contributed by atoms with Gasteiger partial charge in [0, 0.05) is 12.0 Å². The Balaban J connectivity index is 1.90. The van der Waals surface area contributed by atoms with E-state index in [1.165, 1.54) is 0 Å².